The molecule has 2 rings (SSSR count). The van der Waals surface area contributed by atoms with E-state index in [9.17, 15) is 0 Å². The molecule has 80 valence electrons. The molecule has 1 aromatic carbocycles. The summed E-state index contributed by atoms with van der Waals surface area (Å²) in [5.41, 5.74) is 7.13. The van der Waals surface area contributed by atoms with Crippen molar-refractivity contribution in [2.45, 2.75) is 12.5 Å². The summed E-state index contributed by atoms with van der Waals surface area (Å²) in [5, 5.41) is 10.7. The zero-order valence-corrected chi connectivity index (χ0v) is 8.49. The molecule has 4 nitrogen and oxygen atoms in total. The fourth-order valence-corrected chi connectivity index (χ4v) is 1.54. The van der Waals surface area contributed by atoms with E-state index in [0.29, 0.717) is 6.10 Å². The topological polar surface area (TPSA) is 71.1 Å². The van der Waals surface area contributed by atoms with E-state index in [1.165, 1.54) is 0 Å². The third kappa shape index (κ3) is 2.27. The summed E-state index contributed by atoms with van der Waals surface area (Å²) in [4.78, 5) is 0. The Morgan fingerprint density at radius 2 is 2.27 bits per heavy atom. The van der Waals surface area contributed by atoms with Gasteiger partial charge in [0.25, 0.3) is 0 Å². The van der Waals surface area contributed by atoms with Gasteiger partial charge in [-0.15, -0.1) is 0 Å². The number of anilines is 1. The molecule has 0 spiro atoms. The average Bonchev–Trinajstić information content (AvgIpc) is 2.16. The normalized spacial score (nSPS) is 19.3. The van der Waals surface area contributed by atoms with Crippen LogP contribution < -0.4 is 11.1 Å². The Labute approximate surface area is 88.9 Å². The van der Waals surface area contributed by atoms with Crippen molar-refractivity contribution in [1.82, 2.24) is 0 Å². The van der Waals surface area contributed by atoms with Crippen LogP contribution in [0.25, 0.3) is 0 Å². The van der Waals surface area contributed by atoms with Gasteiger partial charge in [0, 0.05) is 24.4 Å². The minimum atomic E-state index is 0.0904. The molecule has 1 aliphatic heterocycles. The third-order valence-corrected chi connectivity index (χ3v) is 2.53. The van der Waals surface area contributed by atoms with Gasteiger partial charge in [-0.25, -0.2) is 0 Å². The van der Waals surface area contributed by atoms with Crippen molar-refractivity contribution >= 4 is 11.5 Å². The summed E-state index contributed by atoms with van der Waals surface area (Å²) in [7, 11) is 0. The molecule has 0 aromatic heterocycles. The largest absolute Gasteiger partial charge is 0.384 e. The number of hydrogen-bond donors (Lipinski definition) is 3. The van der Waals surface area contributed by atoms with Gasteiger partial charge in [0.1, 0.15) is 5.84 Å². The van der Waals surface area contributed by atoms with Crippen LogP contribution in [0.15, 0.2) is 24.3 Å². The molecule has 0 radical (unpaired) electrons. The van der Waals surface area contributed by atoms with Crippen LogP contribution in [0.2, 0.25) is 0 Å². The average molecular weight is 205 g/mol. The van der Waals surface area contributed by atoms with E-state index in [2.05, 4.69) is 5.32 Å². The van der Waals surface area contributed by atoms with Crippen LogP contribution in [0.3, 0.4) is 0 Å². The molecule has 0 bridgehead atoms. The van der Waals surface area contributed by atoms with Crippen LogP contribution in [0, 0.1) is 5.41 Å². The first kappa shape index (κ1) is 9.98. The van der Waals surface area contributed by atoms with E-state index >= 15 is 0 Å². The lowest BCUT2D eigenvalue weighted by molar-refractivity contribution is -0.0410. The minimum absolute atomic E-state index is 0.0904. The SMILES string of the molecule is N=C(N)c1ccccc1NCC1CCO1. The van der Waals surface area contributed by atoms with Gasteiger partial charge in [0.05, 0.1) is 6.10 Å². The molecular weight excluding hydrogens is 190 g/mol. The van der Waals surface area contributed by atoms with E-state index in [1.807, 2.05) is 24.3 Å². The highest BCUT2D eigenvalue weighted by Gasteiger charge is 2.17. The predicted molar refractivity (Wildman–Crippen MR) is 60.3 cm³/mol. The van der Waals surface area contributed by atoms with Crippen molar-refractivity contribution in [3.05, 3.63) is 29.8 Å². The van der Waals surface area contributed by atoms with E-state index < -0.39 is 0 Å². The van der Waals surface area contributed by atoms with E-state index in [-0.39, 0.29) is 5.84 Å². The zero-order chi connectivity index (χ0) is 10.7. The molecule has 1 heterocycles. The van der Waals surface area contributed by atoms with Gasteiger partial charge < -0.3 is 15.8 Å². The summed E-state index contributed by atoms with van der Waals surface area (Å²) in [6, 6.07) is 7.57. The number of amidine groups is 1. The zero-order valence-electron chi connectivity index (χ0n) is 8.49. The maximum atomic E-state index is 7.43. The molecule has 0 amide bonds. The van der Waals surface area contributed by atoms with Gasteiger partial charge in [0.15, 0.2) is 0 Å². The van der Waals surface area contributed by atoms with Crippen LogP contribution in [-0.4, -0.2) is 25.1 Å². The van der Waals surface area contributed by atoms with E-state index in [4.69, 9.17) is 15.9 Å². The van der Waals surface area contributed by atoms with Gasteiger partial charge in [0.2, 0.25) is 0 Å². The van der Waals surface area contributed by atoms with Gasteiger partial charge in [-0.3, -0.25) is 5.41 Å². The fraction of sp³-hybridized carbons (Fsp3) is 0.364. The molecule has 0 aliphatic carbocycles. The van der Waals surface area contributed by atoms with Crippen LogP contribution in [0.5, 0.6) is 0 Å². The summed E-state index contributed by atoms with van der Waals surface area (Å²) >= 11 is 0. The summed E-state index contributed by atoms with van der Waals surface area (Å²) in [6.45, 7) is 1.64. The number of nitrogens with two attached hydrogens (primary N) is 1. The molecule has 1 atom stereocenters. The van der Waals surface area contributed by atoms with Crippen molar-refractivity contribution in [2.75, 3.05) is 18.5 Å². The molecule has 15 heavy (non-hydrogen) atoms. The molecule has 1 saturated heterocycles. The quantitative estimate of drug-likeness (QED) is 0.510. The molecule has 1 fully saturated rings. The minimum Gasteiger partial charge on any atom is -0.384 e. The molecule has 1 aliphatic rings. The predicted octanol–water partition coefficient (Wildman–Crippen LogP) is 1.17. The summed E-state index contributed by atoms with van der Waals surface area (Å²) in [5.74, 6) is 0.0904. The molecule has 0 saturated carbocycles. The molecule has 4 heteroatoms. The van der Waals surface area contributed by atoms with Crippen LogP contribution >= 0.6 is 0 Å². The lowest BCUT2D eigenvalue weighted by atomic mass is 10.1. The highest BCUT2D eigenvalue weighted by molar-refractivity contribution is 6.00. The van der Waals surface area contributed by atoms with Gasteiger partial charge in [-0.1, -0.05) is 12.1 Å². The number of benzene rings is 1. The molecular formula is C11H15N3O. The van der Waals surface area contributed by atoms with Gasteiger partial charge in [-0.2, -0.15) is 0 Å². The lowest BCUT2D eigenvalue weighted by Crippen LogP contribution is -2.33. The Kier molecular flexibility index (Phi) is 2.87. The molecule has 4 N–H and O–H groups in total. The first-order chi connectivity index (χ1) is 7.27. The first-order valence-electron chi connectivity index (χ1n) is 5.06. The van der Waals surface area contributed by atoms with Crippen molar-refractivity contribution in [3.63, 3.8) is 0 Å². The number of nitrogens with one attached hydrogen (secondary N) is 2. The van der Waals surface area contributed by atoms with Crippen LogP contribution in [0.1, 0.15) is 12.0 Å². The van der Waals surface area contributed by atoms with Gasteiger partial charge in [-0.05, 0) is 18.6 Å². The number of hydrogen-bond acceptors (Lipinski definition) is 3. The third-order valence-electron chi connectivity index (χ3n) is 2.53. The lowest BCUT2D eigenvalue weighted by Gasteiger charge is -2.27. The number of ether oxygens (including phenoxy) is 1. The Bertz CT molecular complexity index is 361. The van der Waals surface area contributed by atoms with Crippen molar-refractivity contribution in [1.29, 1.82) is 5.41 Å². The van der Waals surface area contributed by atoms with Crippen molar-refractivity contribution in [3.8, 4) is 0 Å². The Balaban J connectivity index is 2.02. The number of rotatable bonds is 4. The smallest absolute Gasteiger partial charge is 0.124 e. The fourth-order valence-electron chi connectivity index (χ4n) is 1.54. The Hall–Kier alpha value is -1.55. The Morgan fingerprint density at radius 3 is 2.87 bits per heavy atom. The summed E-state index contributed by atoms with van der Waals surface area (Å²) in [6.07, 6.45) is 1.42. The van der Waals surface area contributed by atoms with Crippen molar-refractivity contribution in [2.24, 2.45) is 5.73 Å². The second kappa shape index (κ2) is 4.31. The second-order valence-electron chi connectivity index (χ2n) is 3.62. The molecule has 1 unspecified atom stereocenters. The highest BCUT2D eigenvalue weighted by atomic mass is 16.5. The highest BCUT2D eigenvalue weighted by Crippen LogP contribution is 2.16. The molecule has 1 aromatic rings. The maximum absolute atomic E-state index is 7.43. The monoisotopic (exact) mass is 205 g/mol. The van der Waals surface area contributed by atoms with E-state index in [1.54, 1.807) is 0 Å². The first-order valence-corrected chi connectivity index (χ1v) is 5.06. The van der Waals surface area contributed by atoms with Crippen LogP contribution in [-0.2, 0) is 4.74 Å². The van der Waals surface area contributed by atoms with Crippen LogP contribution in [0.4, 0.5) is 5.69 Å². The van der Waals surface area contributed by atoms with Crippen molar-refractivity contribution < 1.29 is 4.74 Å². The summed E-state index contributed by atoms with van der Waals surface area (Å²) < 4.78 is 5.31. The second-order valence-corrected chi connectivity index (χ2v) is 3.62. The maximum Gasteiger partial charge on any atom is 0.124 e. The van der Waals surface area contributed by atoms with Gasteiger partial charge >= 0.3 is 0 Å². The van der Waals surface area contributed by atoms with E-state index in [0.717, 1.165) is 30.8 Å². The Morgan fingerprint density at radius 1 is 1.53 bits per heavy atom. The number of para-hydroxylation sites is 1. The number of nitrogen functional groups attached to an aromatic ring is 1. The standard InChI is InChI=1S/C11H15N3O/c12-11(13)9-3-1-2-4-10(9)14-7-8-5-6-15-8/h1-4,8,14H,5-7H2,(H3,12,13).